The van der Waals surface area contributed by atoms with Crippen molar-refractivity contribution in [2.24, 2.45) is 10.9 Å². The average Bonchev–Trinajstić information content (AvgIpc) is 3.31. The smallest absolute Gasteiger partial charge is 0.238 e. The molecule has 2 aromatic heterocycles. The molecule has 0 atom stereocenters. The Labute approximate surface area is 213 Å². The third kappa shape index (κ3) is 4.83. The van der Waals surface area contributed by atoms with Crippen LogP contribution in [0.5, 0.6) is 0 Å². The van der Waals surface area contributed by atoms with Crippen molar-refractivity contribution in [1.82, 2.24) is 14.5 Å². The van der Waals surface area contributed by atoms with Crippen LogP contribution in [0.25, 0.3) is 27.6 Å². The molecule has 0 fully saturated rings. The summed E-state index contributed by atoms with van der Waals surface area (Å²) in [6.07, 6.45) is 5.41. The Morgan fingerprint density at radius 1 is 0.944 bits per heavy atom. The van der Waals surface area contributed by atoms with E-state index in [1.54, 1.807) is 30.7 Å². The van der Waals surface area contributed by atoms with Gasteiger partial charge in [-0.25, -0.2) is 18.5 Å². The summed E-state index contributed by atoms with van der Waals surface area (Å²) in [7, 11) is -3.76. The lowest BCUT2D eigenvalue weighted by Gasteiger charge is -2.09. The van der Waals surface area contributed by atoms with E-state index < -0.39 is 10.0 Å². The number of nitrogens with two attached hydrogens (primary N) is 2. The van der Waals surface area contributed by atoms with Gasteiger partial charge in [-0.3, -0.25) is 9.55 Å². The fourth-order valence-corrected chi connectivity index (χ4v) is 4.72. The molecule has 0 radical (unpaired) electrons. The summed E-state index contributed by atoms with van der Waals surface area (Å²) in [5, 5.41) is 6.50. The maximum absolute atomic E-state index is 11.5. The summed E-state index contributed by atoms with van der Waals surface area (Å²) in [5.41, 5.74) is 11.5. The van der Waals surface area contributed by atoms with Gasteiger partial charge < -0.3 is 5.73 Å². The molecule has 36 heavy (non-hydrogen) atoms. The van der Waals surface area contributed by atoms with Crippen LogP contribution in [0.3, 0.4) is 0 Å². The highest BCUT2D eigenvalue weighted by atomic mass is 35.5. The summed E-state index contributed by atoms with van der Waals surface area (Å²) < 4.78 is 25.0. The fraction of sp³-hybridized carbons (Fsp3) is 0.111. The largest absolute Gasteiger partial charge is 0.330 e. The molecule has 0 bridgehead atoms. The quantitative estimate of drug-likeness (QED) is 0.341. The maximum Gasteiger partial charge on any atom is 0.238 e. The van der Waals surface area contributed by atoms with Crippen molar-refractivity contribution in [3.05, 3.63) is 94.9 Å². The fourth-order valence-electron chi connectivity index (χ4n) is 4.00. The molecular formula is C27H22ClN5O2S. The molecule has 0 saturated carbocycles. The van der Waals surface area contributed by atoms with Crippen LogP contribution in [-0.4, -0.2) is 29.5 Å². The number of hydrogen-bond acceptors (Lipinski definition) is 5. The minimum atomic E-state index is -3.76. The van der Waals surface area contributed by atoms with E-state index in [9.17, 15) is 8.42 Å². The summed E-state index contributed by atoms with van der Waals surface area (Å²) in [6.45, 7) is 0.668. The van der Waals surface area contributed by atoms with Gasteiger partial charge in [0.1, 0.15) is 11.8 Å². The highest BCUT2D eigenvalue weighted by Crippen LogP contribution is 2.30. The van der Waals surface area contributed by atoms with Crippen LogP contribution in [0.1, 0.15) is 23.1 Å². The van der Waals surface area contributed by atoms with Gasteiger partial charge in [0.05, 0.1) is 27.1 Å². The number of rotatable bonds is 5. The number of fused-ring (bicyclic) bond motifs is 3. The van der Waals surface area contributed by atoms with Crippen molar-refractivity contribution in [2.45, 2.75) is 17.7 Å². The predicted molar refractivity (Wildman–Crippen MR) is 143 cm³/mol. The standard InChI is InChI=1S/C27H22ClN5O2S/c28-24-15-25-23(14-20(24)8-3-19-6-11-22(12-7-19)36(30,34)35)27-26(16-31-25)32-17-33(27)21-9-4-18(5-10-21)2-1-13-29/h4-7,9-12,14-17H,1-2,13,29H2,(H2,30,34,35). The first-order chi connectivity index (χ1) is 17.3. The van der Waals surface area contributed by atoms with Crippen LogP contribution < -0.4 is 10.9 Å². The van der Waals surface area contributed by atoms with Gasteiger partial charge in [-0.05, 0) is 73.5 Å². The Kier molecular flexibility index (Phi) is 6.48. The van der Waals surface area contributed by atoms with Crippen molar-refractivity contribution >= 4 is 43.6 Å². The van der Waals surface area contributed by atoms with E-state index in [1.165, 1.54) is 17.7 Å². The molecule has 0 aliphatic carbocycles. The lowest BCUT2D eigenvalue weighted by atomic mass is 10.1. The molecule has 0 aliphatic heterocycles. The van der Waals surface area contributed by atoms with Crippen LogP contribution in [0, 0.1) is 11.8 Å². The Bertz CT molecular complexity index is 1750. The molecule has 3 aromatic carbocycles. The predicted octanol–water partition coefficient (Wildman–Crippen LogP) is 4.17. The number of aryl methyl sites for hydroxylation is 1. The number of benzene rings is 3. The second-order valence-electron chi connectivity index (χ2n) is 8.33. The molecule has 4 N–H and O–H groups in total. The van der Waals surface area contributed by atoms with E-state index in [2.05, 4.69) is 46.1 Å². The van der Waals surface area contributed by atoms with E-state index in [0.29, 0.717) is 22.7 Å². The Hall–Kier alpha value is -3.74. The van der Waals surface area contributed by atoms with Gasteiger partial charge in [0.2, 0.25) is 10.0 Å². The van der Waals surface area contributed by atoms with Crippen molar-refractivity contribution < 1.29 is 8.42 Å². The highest BCUT2D eigenvalue weighted by molar-refractivity contribution is 7.89. The topological polar surface area (TPSA) is 117 Å². The number of halogens is 1. The minimum Gasteiger partial charge on any atom is -0.330 e. The van der Waals surface area contributed by atoms with Crippen molar-refractivity contribution in [3.8, 4) is 17.5 Å². The zero-order valence-electron chi connectivity index (χ0n) is 19.1. The van der Waals surface area contributed by atoms with Gasteiger partial charge in [-0.2, -0.15) is 0 Å². The van der Waals surface area contributed by atoms with E-state index in [-0.39, 0.29) is 4.90 Å². The lowest BCUT2D eigenvalue weighted by molar-refractivity contribution is 0.598. The normalized spacial score (nSPS) is 11.5. The van der Waals surface area contributed by atoms with Gasteiger partial charge >= 0.3 is 0 Å². The molecule has 9 heteroatoms. The van der Waals surface area contributed by atoms with E-state index >= 15 is 0 Å². The van der Waals surface area contributed by atoms with E-state index in [0.717, 1.165) is 40.5 Å². The first kappa shape index (κ1) is 24.0. The summed E-state index contributed by atoms with van der Waals surface area (Å²) in [6, 6.07) is 18.1. The van der Waals surface area contributed by atoms with Crippen molar-refractivity contribution in [1.29, 1.82) is 0 Å². The third-order valence-electron chi connectivity index (χ3n) is 5.87. The summed E-state index contributed by atoms with van der Waals surface area (Å²) >= 11 is 6.53. The second-order valence-corrected chi connectivity index (χ2v) is 10.3. The summed E-state index contributed by atoms with van der Waals surface area (Å²) in [5.74, 6) is 6.13. The number of pyridine rings is 1. The number of primary sulfonamides is 1. The number of aromatic nitrogens is 3. The van der Waals surface area contributed by atoms with Gasteiger partial charge in [-0.1, -0.05) is 35.6 Å². The number of sulfonamides is 1. The number of nitrogens with zero attached hydrogens (tertiary/aromatic N) is 3. The zero-order chi connectivity index (χ0) is 25.3. The Morgan fingerprint density at radius 3 is 2.39 bits per heavy atom. The molecule has 7 nitrogen and oxygen atoms in total. The van der Waals surface area contributed by atoms with Crippen molar-refractivity contribution in [2.75, 3.05) is 6.54 Å². The Morgan fingerprint density at radius 2 is 1.69 bits per heavy atom. The first-order valence-electron chi connectivity index (χ1n) is 11.2. The van der Waals surface area contributed by atoms with Gasteiger partial charge in [0.25, 0.3) is 0 Å². The van der Waals surface area contributed by atoms with E-state index in [1.807, 2.05) is 10.6 Å². The molecule has 180 valence electrons. The van der Waals surface area contributed by atoms with E-state index in [4.69, 9.17) is 22.5 Å². The number of hydrogen-bond donors (Lipinski definition) is 2. The van der Waals surface area contributed by atoms with Gasteiger partial charge in [-0.15, -0.1) is 0 Å². The second kappa shape index (κ2) is 9.72. The Balaban J connectivity index is 1.57. The monoisotopic (exact) mass is 515 g/mol. The maximum atomic E-state index is 11.5. The molecule has 0 unspecified atom stereocenters. The molecule has 0 aliphatic rings. The van der Waals surface area contributed by atoms with Crippen LogP contribution in [0.15, 0.2) is 78.1 Å². The molecule has 0 amide bonds. The molecular weight excluding hydrogens is 494 g/mol. The zero-order valence-corrected chi connectivity index (χ0v) is 20.7. The van der Waals surface area contributed by atoms with Gasteiger partial charge in [0.15, 0.2) is 0 Å². The third-order valence-corrected chi connectivity index (χ3v) is 7.11. The molecule has 0 spiro atoms. The first-order valence-corrected chi connectivity index (χ1v) is 13.2. The lowest BCUT2D eigenvalue weighted by Crippen LogP contribution is -2.11. The van der Waals surface area contributed by atoms with Crippen molar-refractivity contribution in [3.63, 3.8) is 0 Å². The molecule has 5 aromatic rings. The SMILES string of the molecule is NCCCc1ccc(-n2cnc3cnc4cc(Cl)c(C#Cc5ccc(S(N)(=O)=O)cc5)cc4c32)cc1. The van der Waals surface area contributed by atoms with Gasteiger partial charge in [0, 0.05) is 22.2 Å². The molecule has 5 rings (SSSR count). The van der Waals surface area contributed by atoms with Crippen LogP contribution in [-0.2, 0) is 16.4 Å². The average molecular weight is 516 g/mol. The molecule has 2 heterocycles. The van der Waals surface area contributed by atoms with Crippen LogP contribution >= 0.6 is 11.6 Å². The highest BCUT2D eigenvalue weighted by Gasteiger charge is 2.13. The van der Waals surface area contributed by atoms with Crippen LogP contribution in [0.2, 0.25) is 5.02 Å². The molecule has 0 saturated heterocycles. The number of imidazole rings is 1. The van der Waals surface area contributed by atoms with Crippen LogP contribution in [0.4, 0.5) is 0 Å². The summed E-state index contributed by atoms with van der Waals surface area (Å²) in [4.78, 5) is 9.11. The minimum absolute atomic E-state index is 0.0333.